The molecule has 0 spiro atoms. The van der Waals surface area contributed by atoms with Gasteiger partial charge in [-0.3, -0.25) is 4.79 Å². The maximum Gasteiger partial charge on any atom is 0.241 e. The largest absolute Gasteiger partial charge is 0.350 e. The van der Waals surface area contributed by atoms with Crippen LogP contribution in [0.4, 0.5) is 0 Å². The monoisotopic (exact) mass is 438 g/mol. The molecule has 0 unspecified atom stereocenters. The highest BCUT2D eigenvalue weighted by atomic mass is 79.9. The van der Waals surface area contributed by atoms with Gasteiger partial charge in [-0.25, -0.2) is 8.42 Å². The van der Waals surface area contributed by atoms with E-state index in [9.17, 15) is 13.2 Å². The molecule has 0 radical (unpaired) electrons. The zero-order valence-corrected chi connectivity index (χ0v) is 17.4. The maximum absolute atomic E-state index is 12.7. The Hall–Kier alpha value is -1.70. The molecule has 2 aromatic carbocycles. The number of carbonyl (C=O) groups is 1. The van der Waals surface area contributed by atoms with E-state index in [1.54, 1.807) is 12.1 Å². The first-order valence-electron chi connectivity index (χ1n) is 8.21. The molecule has 0 fully saturated rings. The van der Waals surface area contributed by atoms with Gasteiger partial charge in [-0.05, 0) is 57.0 Å². The van der Waals surface area contributed by atoms with Crippen molar-refractivity contribution in [2.75, 3.05) is 0 Å². The van der Waals surface area contributed by atoms with E-state index in [1.807, 2.05) is 51.1 Å². The van der Waals surface area contributed by atoms with Gasteiger partial charge in [0.25, 0.3) is 0 Å². The van der Waals surface area contributed by atoms with E-state index in [1.165, 1.54) is 12.1 Å². The average molecular weight is 439 g/mol. The van der Waals surface area contributed by atoms with E-state index in [0.29, 0.717) is 0 Å². The fraction of sp³-hybridized carbons (Fsp3) is 0.316. The molecule has 2 rings (SSSR count). The number of sulfonamides is 1. The van der Waals surface area contributed by atoms with Gasteiger partial charge in [0.2, 0.25) is 15.9 Å². The average Bonchev–Trinajstić information content (AvgIpc) is 2.54. The number of benzene rings is 2. The lowest BCUT2D eigenvalue weighted by molar-refractivity contribution is -0.124. The van der Waals surface area contributed by atoms with Gasteiger partial charge in [-0.15, -0.1) is 0 Å². The van der Waals surface area contributed by atoms with Crippen molar-refractivity contribution < 1.29 is 13.2 Å². The lowest BCUT2D eigenvalue weighted by Gasteiger charge is -2.25. The van der Waals surface area contributed by atoms with Crippen LogP contribution in [0, 0.1) is 0 Å². The van der Waals surface area contributed by atoms with Crippen molar-refractivity contribution in [3.05, 3.63) is 64.6 Å². The summed E-state index contributed by atoms with van der Waals surface area (Å²) in [6, 6.07) is 14.7. The van der Waals surface area contributed by atoms with Gasteiger partial charge in [-0.2, -0.15) is 4.72 Å². The number of rotatable bonds is 6. The third kappa shape index (κ3) is 6.23. The second-order valence-electron chi connectivity index (χ2n) is 7.06. The molecule has 2 aromatic rings. The first kappa shape index (κ1) is 20.6. The van der Waals surface area contributed by atoms with Crippen molar-refractivity contribution in [1.82, 2.24) is 10.0 Å². The van der Waals surface area contributed by atoms with Gasteiger partial charge < -0.3 is 5.32 Å². The second kappa shape index (κ2) is 8.33. The third-order valence-electron chi connectivity index (χ3n) is 3.52. The number of halogens is 1. The van der Waals surface area contributed by atoms with Crippen LogP contribution in [0.3, 0.4) is 0 Å². The zero-order valence-electron chi connectivity index (χ0n) is 15.0. The number of hydrogen-bond donors (Lipinski definition) is 2. The summed E-state index contributed by atoms with van der Waals surface area (Å²) in [6.07, 6.45) is 0.262. The normalized spacial score (nSPS) is 13.2. The Balaban J connectivity index is 2.27. The van der Waals surface area contributed by atoms with Crippen molar-refractivity contribution in [1.29, 1.82) is 0 Å². The number of hydrogen-bond acceptors (Lipinski definition) is 3. The van der Waals surface area contributed by atoms with E-state index in [0.717, 1.165) is 10.0 Å². The van der Waals surface area contributed by atoms with Crippen molar-refractivity contribution in [3.63, 3.8) is 0 Å². The van der Waals surface area contributed by atoms with E-state index in [4.69, 9.17) is 0 Å². The molecule has 140 valence electrons. The molecule has 0 aliphatic heterocycles. The minimum Gasteiger partial charge on any atom is -0.350 e. The lowest BCUT2D eigenvalue weighted by Crippen LogP contribution is -2.52. The van der Waals surface area contributed by atoms with Gasteiger partial charge in [-0.1, -0.05) is 46.3 Å². The Bertz CT molecular complexity index is 845. The predicted octanol–water partition coefficient (Wildman–Crippen LogP) is 3.25. The highest BCUT2D eigenvalue weighted by Gasteiger charge is 2.28. The molecule has 0 saturated carbocycles. The van der Waals surface area contributed by atoms with E-state index in [-0.39, 0.29) is 17.2 Å². The molecule has 0 saturated heterocycles. The SMILES string of the molecule is CC(C)(C)NC(=O)[C@@H](Cc1ccccc1)NS(=O)(=O)c1ccc(Br)cc1. The van der Waals surface area contributed by atoms with E-state index < -0.39 is 21.6 Å². The summed E-state index contributed by atoms with van der Waals surface area (Å²) in [5, 5.41) is 2.85. The van der Waals surface area contributed by atoms with Gasteiger partial charge in [0.15, 0.2) is 0 Å². The van der Waals surface area contributed by atoms with Crippen LogP contribution in [-0.4, -0.2) is 25.9 Å². The van der Waals surface area contributed by atoms with Gasteiger partial charge in [0, 0.05) is 10.0 Å². The molecule has 7 heteroatoms. The van der Waals surface area contributed by atoms with Crippen LogP contribution in [0.15, 0.2) is 64.0 Å². The Morgan fingerprint density at radius 3 is 2.15 bits per heavy atom. The minimum absolute atomic E-state index is 0.113. The predicted molar refractivity (Wildman–Crippen MR) is 106 cm³/mol. The quantitative estimate of drug-likeness (QED) is 0.726. The summed E-state index contributed by atoms with van der Waals surface area (Å²) >= 11 is 3.28. The fourth-order valence-corrected chi connectivity index (χ4v) is 3.82. The van der Waals surface area contributed by atoms with Crippen molar-refractivity contribution >= 4 is 31.9 Å². The fourth-order valence-electron chi connectivity index (χ4n) is 2.36. The number of carbonyl (C=O) groups excluding carboxylic acids is 1. The van der Waals surface area contributed by atoms with Crippen LogP contribution in [0.5, 0.6) is 0 Å². The third-order valence-corrected chi connectivity index (χ3v) is 5.53. The Morgan fingerprint density at radius 2 is 1.62 bits per heavy atom. The van der Waals surface area contributed by atoms with Crippen molar-refractivity contribution in [2.24, 2.45) is 0 Å². The Morgan fingerprint density at radius 1 is 1.04 bits per heavy atom. The highest BCUT2D eigenvalue weighted by Crippen LogP contribution is 2.16. The summed E-state index contributed by atoms with van der Waals surface area (Å²) in [4.78, 5) is 12.8. The number of nitrogens with one attached hydrogen (secondary N) is 2. The first-order valence-corrected chi connectivity index (χ1v) is 10.5. The summed E-state index contributed by atoms with van der Waals surface area (Å²) in [6.45, 7) is 5.56. The molecule has 1 amide bonds. The van der Waals surface area contributed by atoms with Crippen molar-refractivity contribution in [3.8, 4) is 0 Å². The molecule has 0 bridgehead atoms. The van der Waals surface area contributed by atoms with E-state index >= 15 is 0 Å². The smallest absolute Gasteiger partial charge is 0.241 e. The van der Waals surface area contributed by atoms with Gasteiger partial charge in [0.1, 0.15) is 6.04 Å². The lowest BCUT2D eigenvalue weighted by atomic mass is 10.0. The molecule has 5 nitrogen and oxygen atoms in total. The molecule has 1 atom stereocenters. The van der Waals surface area contributed by atoms with Gasteiger partial charge in [0.05, 0.1) is 4.90 Å². The molecule has 0 aliphatic rings. The second-order valence-corrected chi connectivity index (χ2v) is 9.69. The summed E-state index contributed by atoms with van der Waals surface area (Å²) in [5.41, 5.74) is 0.412. The van der Waals surface area contributed by atoms with Crippen LogP contribution >= 0.6 is 15.9 Å². The van der Waals surface area contributed by atoms with Crippen LogP contribution in [0.1, 0.15) is 26.3 Å². The van der Waals surface area contributed by atoms with Crippen LogP contribution in [-0.2, 0) is 21.2 Å². The minimum atomic E-state index is -3.83. The van der Waals surface area contributed by atoms with Gasteiger partial charge >= 0.3 is 0 Å². The molecule has 26 heavy (non-hydrogen) atoms. The molecular formula is C19H23BrN2O3S. The Labute approximate surface area is 163 Å². The highest BCUT2D eigenvalue weighted by molar-refractivity contribution is 9.10. The topological polar surface area (TPSA) is 75.3 Å². The van der Waals surface area contributed by atoms with Crippen LogP contribution in [0.2, 0.25) is 0 Å². The van der Waals surface area contributed by atoms with Crippen LogP contribution < -0.4 is 10.0 Å². The zero-order chi connectivity index (χ0) is 19.4. The van der Waals surface area contributed by atoms with Crippen LogP contribution in [0.25, 0.3) is 0 Å². The standard InChI is InChI=1S/C19H23BrN2O3S/c1-19(2,3)21-18(23)17(13-14-7-5-4-6-8-14)22-26(24,25)16-11-9-15(20)10-12-16/h4-12,17,22H,13H2,1-3H3,(H,21,23)/t17-/m1/s1. The summed E-state index contributed by atoms with van der Waals surface area (Å²) < 4.78 is 28.7. The van der Waals surface area contributed by atoms with Crippen molar-refractivity contribution in [2.45, 2.75) is 43.7 Å². The molecular weight excluding hydrogens is 416 g/mol. The number of amides is 1. The molecule has 0 heterocycles. The maximum atomic E-state index is 12.7. The first-order chi connectivity index (χ1) is 12.1. The molecule has 2 N–H and O–H groups in total. The molecule has 0 aliphatic carbocycles. The summed E-state index contributed by atoms with van der Waals surface area (Å²) in [7, 11) is -3.83. The Kier molecular flexibility index (Phi) is 6.60. The molecule has 0 aromatic heterocycles. The van der Waals surface area contributed by atoms with E-state index in [2.05, 4.69) is 26.0 Å². The summed E-state index contributed by atoms with van der Waals surface area (Å²) in [5.74, 6) is -0.359.